The quantitative estimate of drug-likeness (QED) is 0.132. The summed E-state index contributed by atoms with van der Waals surface area (Å²) in [5.74, 6) is 1.65. The number of hydrogen-bond donors (Lipinski definition) is 0. The molecule has 0 radical (unpaired) electrons. The molecule has 0 bridgehead atoms. The van der Waals surface area contributed by atoms with E-state index in [9.17, 15) is 0 Å². The lowest BCUT2D eigenvalue weighted by molar-refractivity contribution is 0.314. The highest BCUT2D eigenvalue weighted by atomic mass is 79.9. The summed E-state index contributed by atoms with van der Waals surface area (Å²) in [6, 6.07) is 12.8. The molecule has 0 N–H and O–H groups in total. The first-order valence-electron chi connectivity index (χ1n) is 13.2. The van der Waals surface area contributed by atoms with Crippen LogP contribution >= 0.6 is 159 Å². The highest BCUT2D eigenvalue weighted by Gasteiger charge is 2.32. The van der Waals surface area contributed by atoms with Crippen molar-refractivity contribution in [2.45, 2.75) is 41.8 Å². The van der Waals surface area contributed by atoms with Crippen molar-refractivity contribution in [3.63, 3.8) is 0 Å². The minimum atomic E-state index is -0.410. The smallest absolute Gasteiger partial charge is 0.142 e. The van der Waals surface area contributed by atoms with E-state index in [0.29, 0.717) is 22.9 Å². The van der Waals surface area contributed by atoms with E-state index in [2.05, 4.69) is 210 Å². The number of hydrogen-bond acceptors (Lipinski definition) is 2. The number of benzene rings is 4. The molecule has 2 nitrogen and oxygen atoms in total. The number of alkyl halides is 4. The molecule has 12 heteroatoms. The second-order valence-electron chi connectivity index (χ2n) is 10.4. The van der Waals surface area contributed by atoms with Gasteiger partial charge in [0.25, 0.3) is 0 Å². The van der Waals surface area contributed by atoms with Crippen molar-refractivity contribution < 1.29 is 9.47 Å². The Kier molecular flexibility index (Phi) is 14.4. The van der Waals surface area contributed by atoms with Crippen LogP contribution in [0.4, 0.5) is 0 Å². The lowest BCUT2D eigenvalue weighted by atomic mass is 9.74. The molecule has 0 fully saturated rings. The third-order valence-corrected chi connectivity index (χ3v) is 15.8. The first-order valence-corrected chi connectivity index (χ1v) is 22.0. The average Bonchev–Trinajstić information content (AvgIpc) is 2.96. The minimum Gasteiger partial charge on any atom is -0.492 e. The molecule has 0 aliphatic carbocycles. The summed E-state index contributed by atoms with van der Waals surface area (Å²) in [6.45, 7) is 5.73. The topological polar surface area (TPSA) is 18.5 Å². The minimum absolute atomic E-state index is 0.342. The van der Waals surface area contributed by atoms with E-state index < -0.39 is 5.41 Å². The van der Waals surface area contributed by atoms with E-state index in [0.717, 1.165) is 83.4 Å². The fourth-order valence-electron chi connectivity index (χ4n) is 5.03. The zero-order valence-corrected chi connectivity index (χ0v) is 38.8. The van der Waals surface area contributed by atoms with Crippen LogP contribution in [0.25, 0.3) is 21.5 Å². The van der Waals surface area contributed by atoms with Gasteiger partial charge >= 0.3 is 0 Å². The molecule has 43 heavy (non-hydrogen) atoms. The van der Waals surface area contributed by atoms with Gasteiger partial charge in [-0.25, -0.2) is 0 Å². The first-order chi connectivity index (χ1) is 20.3. The van der Waals surface area contributed by atoms with Gasteiger partial charge in [-0.3, -0.25) is 0 Å². The van der Waals surface area contributed by atoms with Gasteiger partial charge in [0.2, 0.25) is 0 Å². The maximum Gasteiger partial charge on any atom is 0.142 e. The van der Waals surface area contributed by atoms with Gasteiger partial charge in [-0.2, -0.15) is 0 Å². The molecule has 0 saturated carbocycles. The van der Waals surface area contributed by atoms with Crippen LogP contribution in [0, 0.1) is 0 Å². The Morgan fingerprint density at radius 1 is 0.558 bits per heavy atom. The van der Waals surface area contributed by atoms with E-state index in [1.54, 1.807) is 0 Å². The zero-order valence-electron chi connectivity index (χ0n) is 23.0. The van der Waals surface area contributed by atoms with E-state index in [-0.39, 0.29) is 0 Å². The Bertz CT molecular complexity index is 1520. The van der Waals surface area contributed by atoms with E-state index in [1.165, 1.54) is 11.1 Å². The molecule has 2 unspecified atom stereocenters. The molecule has 232 valence electrons. The normalized spacial score (nSPS) is 13.5. The lowest BCUT2D eigenvalue weighted by Crippen LogP contribution is -2.20. The predicted octanol–water partition coefficient (Wildman–Crippen LogP) is 14.7. The second-order valence-corrected chi connectivity index (χ2v) is 19.4. The number of fused-ring (bicyclic) bond motifs is 2. The molecular formula is C31H26Br10O2. The fraction of sp³-hybridized carbons (Fsp3) is 0.355. The Hall–Kier alpha value is 1.80. The molecule has 0 spiro atoms. The summed E-state index contributed by atoms with van der Waals surface area (Å²) < 4.78 is 18.6. The molecule has 0 saturated heterocycles. The van der Waals surface area contributed by atoms with Crippen molar-refractivity contribution in [2.24, 2.45) is 0 Å². The molecule has 0 amide bonds. The molecule has 4 aromatic carbocycles. The molecule has 2 atom stereocenters. The summed E-state index contributed by atoms with van der Waals surface area (Å²) in [6.07, 6.45) is 1.76. The lowest BCUT2D eigenvalue weighted by Gasteiger charge is -2.31. The van der Waals surface area contributed by atoms with Gasteiger partial charge in [0, 0.05) is 65.2 Å². The number of rotatable bonds is 12. The standard InChI is InChI=1S/C31H26Br10O2/c1-31(2,17-3-5-19(36)27-25(17)21(38)11-23(40)29(27)42-9-7-15(34)13-32)18-4-6-20(37)28-26(18)22(39)12-24(41)30(28)43-10-8-16(35)14-33/h3-6,11-12,15-16H,7-10,13-14H2,1-2H3. The van der Waals surface area contributed by atoms with Crippen LogP contribution < -0.4 is 9.47 Å². The summed E-state index contributed by atoms with van der Waals surface area (Å²) in [7, 11) is 0. The third-order valence-electron chi connectivity index (χ3n) is 7.22. The summed E-state index contributed by atoms with van der Waals surface area (Å²) in [4.78, 5) is 0.684. The van der Waals surface area contributed by atoms with Crippen molar-refractivity contribution in [2.75, 3.05) is 23.9 Å². The summed E-state index contributed by atoms with van der Waals surface area (Å²) >= 11 is 37.5. The summed E-state index contributed by atoms with van der Waals surface area (Å²) in [5.41, 5.74) is 1.94. The zero-order chi connectivity index (χ0) is 31.6. The summed E-state index contributed by atoms with van der Waals surface area (Å²) in [5, 5.41) is 6.00. The highest BCUT2D eigenvalue weighted by Crippen LogP contribution is 2.51. The van der Waals surface area contributed by atoms with Crippen molar-refractivity contribution >= 4 is 181 Å². The van der Waals surface area contributed by atoms with Gasteiger partial charge in [-0.05, 0) is 80.1 Å². The van der Waals surface area contributed by atoms with Crippen molar-refractivity contribution in [3.8, 4) is 11.5 Å². The molecule has 0 aliphatic heterocycles. The van der Waals surface area contributed by atoms with Gasteiger partial charge < -0.3 is 9.47 Å². The van der Waals surface area contributed by atoms with Crippen LogP contribution in [0.3, 0.4) is 0 Å². The van der Waals surface area contributed by atoms with E-state index in [4.69, 9.17) is 9.47 Å². The van der Waals surface area contributed by atoms with Crippen LogP contribution in [-0.4, -0.2) is 33.5 Å². The van der Waals surface area contributed by atoms with Crippen molar-refractivity contribution in [1.29, 1.82) is 0 Å². The van der Waals surface area contributed by atoms with Gasteiger partial charge in [0.05, 0.1) is 22.2 Å². The van der Waals surface area contributed by atoms with Crippen molar-refractivity contribution in [1.82, 2.24) is 0 Å². The first kappa shape index (κ1) is 37.6. The van der Waals surface area contributed by atoms with Crippen LogP contribution in [0.15, 0.2) is 63.2 Å². The Morgan fingerprint density at radius 3 is 1.28 bits per heavy atom. The molecular weight excluding hydrogens is 1200 g/mol. The second kappa shape index (κ2) is 16.5. The number of ether oxygens (including phenoxy) is 2. The van der Waals surface area contributed by atoms with Crippen LogP contribution in [0.5, 0.6) is 11.5 Å². The van der Waals surface area contributed by atoms with Gasteiger partial charge in [-0.15, -0.1) is 0 Å². The monoisotopic (exact) mass is 1220 g/mol. The van der Waals surface area contributed by atoms with E-state index in [1.807, 2.05) is 0 Å². The van der Waals surface area contributed by atoms with Crippen LogP contribution in [-0.2, 0) is 5.41 Å². The van der Waals surface area contributed by atoms with Gasteiger partial charge in [-0.1, -0.05) is 153 Å². The SMILES string of the molecule is CC(C)(c1ccc(Br)c2c(OCCC(Br)CBr)c(Br)cc(Br)c12)c1ccc(Br)c2c(OCCC(Br)CBr)c(Br)cc(Br)c12. The highest BCUT2D eigenvalue weighted by molar-refractivity contribution is 9.13. The molecule has 4 aromatic rings. The van der Waals surface area contributed by atoms with E-state index >= 15 is 0 Å². The van der Waals surface area contributed by atoms with Gasteiger partial charge in [0.15, 0.2) is 0 Å². The maximum absolute atomic E-state index is 6.44. The molecule has 4 rings (SSSR count). The Morgan fingerprint density at radius 2 is 0.930 bits per heavy atom. The number of halogens is 10. The Balaban J connectivity index is 1.92. The third kappa shape index (κ3) is 8.34. The largest absolute Gasteiger partial charge is 0.492 e. The molecule has 0 aromatic heterocycles. The fourth-order valence-corrected chi connectivity index (χ4v) is 10.1. The molecule has 0 aliphatic rings. The average molecular weight is 1230 g/mol. The van der Waals surface area contributed by atoms with Crippen LogP contribution in [0.2, 0.25) is 0 Å². The maximum atomic E-state index is 6.44. The van der Waals surface area contributed by atoms with Gasteiger partial charge in [0.1, 0.15) is 11.5 Å². The molecule has 0 heterocycles. The van der Waals surface area contributed by atoms with Crippen LogP contribution in [0.1, 0.15) is 37.8 Å². The van der Waals surface area contributed by atoms with Crippen molar-refractivity contribution in [3.05, 3.63) is 74.4 Å². The Labute approximate surface area is 337 Å². The predicted molar refractivity (Wildman–Crippen MR) is 219 cm³/mol.